The largest absolute Gasteiger partial charge is 0.406 e. The van der Waals surface area contributed by atoms with Crippen LogP contribution in [0.4, 0.5) is 13.2 Å². The van der Waals surface area contributed by atoms with Crippen LogP contribution in [0.15, 0.2) is 0 Å². The second-order valence-corrected chi connectivity index (χ2v) is 5.41. The number of amides is 1. The number of carbonyl (C=O) groups excluding carboxylic acids is 1. The van der Waals surface area contributed by atoms with Gasteiger partial charge in [0, 0.05) is 25.2 Å². The maximum Gasteiger partial charge on any atom is 0.406 e. The first-order valence-corrected chi connectivity index (χ1v) is 6.92. The molecule has 0 radical (unpaired) electrons. The molecule has 2 rings (SSSR count). The summed E-state index contributed by atoms with van der Waals surface area (Å²) in [6, 6.07) is -0.316. The minimum atomic E-state index is -4.33. The molecule has 1 amide bonds. The first kappa shape index (κ1) is 14.6. The molecule has 2 fully saturated rings. The summed E-state index contributed by atoms with van der Waals surface area (Å²) in [6.07, 6.45) is 0.0521. The predicted octanol–water partition coefficient (Wildman–Crippen LogP) is 2.75. The Morgan fingerprint density at radius 3 is 2.21 bits per heavy atom. The molecule has 1 aliphatic heterocycles. The van der Waals surface area contributed by atoms with Gasteiger partial charge in [-0.05, 0) is 25.7 Å². The number of rotatable bonds is 3. The SMILES string of the molecule is O=C(C1CCCC1)N(CC(F)(F)F)C1CCOCC1. The van der Waals surface area contributed by atoms with E-state index in [4.69, 9.17) is 4.74 Å². The van der Waals surface area contributed by atoms with Gasteiger partial charge in [-0.2, -0.15) is 13.2 Å². The van der Waals surface area contributed by atoms with Crippen LogP contribution < -0.4 is 0 Å². The molecular formula is C13H20F3NO2. The molecule has 0 atom stereocenters. The maximum absolute atomic E-state index is 12.7. The molecule has 1 saturated heterocycles. The molecule has 0 spiro atoms. The summed E-state index contributed by atoms with van der Waals surface area (Å²) in [4.78, 5) is 13.4. The lowest BCUT2D eigenvalue weighted by atomic mass is 10.0. The van der Waals surface area contributed by atoms with Crippen LogP contribution in [0, 0.1) is 5.92 Å². The van der Waals surface area contributed by atoms with Gasteiger partial charge in [-0.15, -0.1) is 0 Å². The van der Waals surface area contributed by atoms with Crippen molar-refractivity contribution in [3.05, 3.63) is 0 Å². The molecule has 0 aromatic heterocycles. The van der Waals surface area contributed by atoms with Crippen molar-refractivity contribution in [2.75, 3.05) is 19.8 Å². The Morgan fingerprint density at radius 1 is 1.11 bits per heavy atom. The number of carbonyl (C=O) groups is 1. The molecule has 0 bridgehead atoms. The fourth-order valence-electron chi connectivity index (χ4n) is 2.98. The van der Waals surface area contributed by atoms with Crippen molar-refractivity contribution >= 4 is 5.91 Å². The van der Waals surface area contributed by atoms with Crippen LogP contribution >= 0.6 is 0 Å². The minimum Gasteiger partial charge on any atom is -0.381 e. The van der Waals surface area contributed by atoms with E-state index in [0.717, 1.165) is 30.6 Å². The van der Waals surface area contributed by atoms with Gasteiger partial charge >= 0.3 is 6.18 Å². The van der Waals surface area contributed by atoms with E-state index < -0.39 is 12.7 Å². The van der Waals surface area contributed by atoms with Crippen LogP contribution in [-0.4, -0.2) is 42.8 Å². The minimum absolute atomic E-state index is 0.204. The van der Waals surface area contributed by atoms with Gasteiger partial charge in [0.25, 0.3) is 0 Å². The second-order valence-electron chi connectivity index (χ2n) is 5.41. The number of ether oxygens (including phenoxy) is 1. The van der Waals surface area contributed by atoms with E-state index >= 15 is 0 Å². The highest BCUT2D eigenvalue weighted by molar-refractivity contribution is 5.79. The highest BCUT2D eigenvalue weighted by Crippen LogP contribution is 2.30. The van der Waals surface area contributed by atoms with Crippen molar-refractivity contribution in [1.82, 2.24) is 4.90 Å². The molecule has 1 aliphatic carbocycles. The first-order valence-electron chi connectivity index (χ1n) is 6.92. The third-order valence-corrected chi connectivity index (χ3v) is 3.97. The van der Waals surface area contributed by atoms with Crippen molar-refractivity contribution in [3.63, 3.8) is 0 Å². The predicted molar refractivity (Wildman–Crippen MR) is 63.6 cm³/mol. The van der Waals surface area contributed by atoms with E-state index in [1.807, 2.05) is 0 Å². The lowest BCUT2D eigenvalue weighted by Gasteiger charge is -2.36. The van der Waals surface area contributed by atoms with Crippen LogP contribution in [0.2, 0.25) is 0 Å². The van der Waals surface area contributed by atoms with Gasteiger partial charge in [0.1, 0.15) is 6.54 Å². The number of hydrogen-bond acceptors (Lipinski definition) is 2. The molecule has 0 aromatic carbocycles. The van der Waals surface area contributed by atoms with Gasteiger partial charge in [-0.25, -0.2) is 0 Å². The zero-order valence-corrected chi connectivity index (χ0v) is 10.9. The van der Waals surface area contributed by atoms with E-state index in [-0.39, 0.29) is 17.9 Å². The Bertz CT molecular complexity index is 308. The molecule has 0 aromatic rings. The van der Waals surface area contributed by atoms with Crippen LogP contribution in [-0.2, 0) is 9.53 Å². The number of halogens is 3. The van der Waals surface area contributed by atoms with Crippen molar-refractivity contribution in [3.8, 4) is 0 Å². The number of hydrogen-bond donors (Lipinski definition) is 0. The zero-order chi connectivity index (χ0) is 13.9. The molecule has 0 unspecified atom stereocenters. The summed E-state index contributed by atoms with van der Waals surface area (Å²) in [5, 5.41) is 0. The van der Waals surface area contributed by atoms with Crippen LogP contribution in [0.1, 0.15) is 38.5 Å². The van der Waals surface area contributed by atoms with Gasteiger partial charge in [-0.3, -0.25) is 4.79 Å². The summed E-state index contributed by atoms with van der Waals surface area (Å²) in [5.41, 5.74) is 0. The molecule has 1 saturated carbocycles. The molecular weight excluding hydrogens is 259 g/mol. The quantitative estimate of drug-likeness (QED) is 0.795. The third-order valence-electron chi connectivity index (χ3n) is 3.97. The van der Waals surface area contributed by atoms with Gasteiger partial charge in [-0.1, -0.05) is 12.8 Å². The molecule has 6 heteroatoms. The monoisotopic (exact) mass is 279 g/mol. The number of alkyl halides is 3. The van der Waals surface area contributed by atoms with E-state index in [1.54, 1.807) is 0 Å². The Hall–Kier alpha value is -0.780. The van der Waals surface area contributed by atoms with Gasteiger partial charge in [0.2, 0.25) is 5.91 Å². The summed E-state index contributed by atoms with van der Waals surface area (Å²) in [6.45, 7) is -0.235. The van der Waals surface area contributed by atoms with E-state index in [0.29, 0.717) is 26.1 Å². The summed E-state index contributed by atoms with van der Waals surface area (Å²) >= 11 is 0. The van der Waals surface area contributed by atoms with Crippen molar-refractivity contribution in [2.45, 2.75) is 50.7 Å². The average molecular weight is 279 g/mol. The second kappa shape index (κ2) is 6.11. The highest BCUT2D eigenvalue weighted by atomic mass is 19.4. The molecule has 110 valence electrons. The van der Waals surface area contributed by atoms with Gasteiger partial charge in [0.15, 0.2) is 0 Å². The van der Waals surface area contributed by atoms with Gasteiger partial charge < -0.3 is 9.64 Å². The Labute approximate surface area is 111 Å². The van der Waals surface area contributed by atoms with Crippen LogP contribution in [0.25, 0.3) is 0 Å². The molecule has 19 heavy (non-hydrogen) atoms. The van der Waals surface area contributed by atoms with Gasteiger partial charge in [0.05, 0.1) is 0 Å². The molecule has 2 aliphatic rings. The Kier molecular flexibility index (Phi) is 4.71. The van der Waals surface area contributed by atoms with E-state index in [1.165, 1.54) is 0 Å². The summed E-state index contributed by atoms with van der Waals surface area (Å²) in [7, 11) is 0. The van der Waals surface area contributed by atoms with Crippen LogP contribution in [0.5, 0.6) is 0 Å². The first-order chi connectivity index (χ1) is 8.97. The van der Waals surface area contributed by atoms with E-state index in [2.05, 4.69) is 0 Å². The maximum atomic E-state index is 12.7. The molecule has 1 heterocycles. The molecule has 0 N–H and O–H groups in total. The smallest absolute Gasteiger partial charge is 0.381 e. The Morgan fingerprint density at radius 2 is 1.68 bits per heavy atom. The topological polar surface area (TPSA) is 29.5 Å². The fraction of sp³-hybridized carbons (Fsp3) is 0.923. The lowest BCUT2D eigenvalue weighted by molar-refractivity contribution is -0.171. The molecule has 3 nitrogen and oxygen atoms in total. The zero-order valence-electron chi connectivity index (χ0n) is 10.9. The lowest BCUT2D eigenvalue weighted by Crippen LogP contribution is -2.49. The van der Waals surface area contributed by atoms with Crippen molar-refractivity contribution < 1.29 is 22.7 Å². The normalized spacial score (nSPS) is 22.7. The Balaban J connectivity index is 2.05. The summed E-state index contributed by atoms with van der Waals surface area (Å²) < 4.78 is 43.2. The number of nitrogens with zero attached hydrogens (tertiary/aromatic N) is 1. The fourth-order valence-corrected chi connectivity index (χ4v) is 2.98. The standard InChI is InChI=1S/C13H20F3NO2/c14-13(15,16)9-17(11-5-7-19-8-6-11)12(18)10-3-1-2-4-10/h10-11H,1-9H2. The van der Waals surface area contributed by atoms with Crippen LogP contribution in [0.3, 0.4) is 0 Å². The van der Waals surface area contributed by atoms with Crippen molar-refractivity contribution in [2.24, 2.45) is 5.92 Å². The van der Waals surface area contributed by atoms with Crippen molar-refractivity contribution in [1.29, 1.82) is 0 Å². The average Bonchev–Trinajstić information content (AvgIpc) is 2.89. The highest BCUT2D eigenvalue weighted by Gasteiger charge is 2.39. The van der Waals surface area contributed by atoms with E-state index in [9.17, 15) is 18.0 Å². The summed E-state index contributed by atoms with van der Waals surface area (Å²) in [5.74, 6) is -0.507. The third kappa shape index (κ3) is 4.09.